The number of ether oxygens (including phenoxy) is 1. The predicted octanol–water partition coefficient (Wildman–Crippen LogP) is 4.74. The van der Waals surface area contributed by atoms with Gasteiger partial charge >= 0.3 is 6.18 Å². The highest BCUT2D eigenvalue weighted by molar-refractivity contribution is 5.74. The molecule has 0 unspecified atom stereocenters. The van der Waals surface area contributed by atoms with Crippen LogP contribution in [-0.4, -0.2) is 26.9 Å². The molecule has 0 N–H and O–H groups in total. The van der Waals surface area contributed by atoms with E-state index in [-0.39, 0.29) is 17.1 Å². The van der Waals surface area contributed by atoms with Crippen molar-refractivity contribution in [2.45, 2.75) is 6.18 Å². The molecule has 4 aromatic rings. The largest absolute Gasteiger partial charge is 0.497 e. The third-order valence-electron chi connectivity index (χ3n) is 3.92. The molecule has 0 aliphatic heterocycles. The normalized spacial score (nSPS) is 12.1. The number of aromatic nitrogens is 4. The van der Waals surface area contributed by atoms with E-state index in [0.29, 0.717) is 11.5 Å². The molecule has 0 saturated carbocycles. The summed E-state index contributed by atoms with van der Waals surface area (Å²) in [6, 6.07) is 10.7. The van der Waals surface area contributed by atoms with Gasteiger partial charge in [0, 0.05) is 17.8 Å². The van der Waals surface area contributed by atoms with E-state index in [0.717, 1.165) is 17.6 Å². The molecule has 28 heavy (non-hydrogen) atoms. The van der Waals surface area contributed by atoms with Gasteiger partial charge in [0.15, 0.2) is 11.4 Å². The van der Waals surface area contributed by atoms with Crippen LogP contribution in [-0.2, 0) is 6.18 Å². The first-order chi connectivity index (χ1) is 13.4. The zero-order valence-electron chi connectivity index (χ0n) is 14.5. The monoisotopic (exact) mass is 386 g/mol. The van der Waals surface area contributed by atoms with Crippen LogP contribution in [0.4, 0.5) is 13.2 Å². The number of methoxy groups -OCH3 is 1. The molecule has 0 spiro atoms. The second-order valence-corrected chi connectivity index (χ2v) is 5.83. The molecule has 2 aromatic carbocycles. The minimum absolute atomic E-state index is 0.0724. The quantitative estimate of drug-likeness (QED) is 0.507. The average molecular weight is 386 g/mol. The van der Waals surface area contributed by atoms with Crippen LogP contribution in [0.15, 0.2) is 53.2 Å². The fourth-order valence-corrected chi connectivity index (χ4v) is 2.59. The van der Waals surface area contributed by atoms with Gasteiger partial charge in [0.1, 0.15) is 17.6 Å². The summed E-state index contributed by atoms with van der Waals surface area (Å²) in [5.74, 6) is 0.578. The van der Waals surface area contributed by atoms with Gasteiger partial charge in [0.05, 0.1) is 12.7 Å². The van der Waals surface area contributed by atoms with Crippen LogP contribution in [0, 0.1) is 0 Å². The summed E-state index contributed by atoms with van der Waals surface area (Å²) in [4.78, 5) is 8.36. The van der Waals surface area contributed by atoms with E-state index in [4.69, 9.17) is 9.15 Å². The summed E-state index contributed by atoms with van der Waals surface area (Å²) >= 11 is 0. The van der Waals surface area contributed by atoms with Crippen molar-refractivity contribution < 1.29 is 22.3 Å². The van der Waals surface area contributed by atoms with Gasteiger partial charge in [-0.05, 0) is 30.3 Å². The van der Waals surface area contributed by atoms with Gasteiger partial charge in [0.2, 0.25) is 5.89 Å². The Labute approximate surface area is 156 Å². The van der Waals surface area contributed by atoms with E-state index in [9.17, 15) is 13.2 Å². The van der Waals surface area contributed by atoms with Crippen LogP contribution in [0.2, 0.25) is 0 Å². The minimum atomic E-state index is -4.50. The van der Waals surface area contributed by atoms with E-state index in [1.165, 1.54) is 24.2 Å². The third kappa shape index (κ3) is 3.59. The molecule has 2 aromatic heterocycles. The Morgan fingerprint density at radius 2 is 1.96 bits per heavy atom. The second-order valence-electron chi connectivity index (χ2n) is 5.83. The van der Waals surface area contributed by atoms with Crippen molar-refractivity contribution in [2.75, 3.05) is 7.11 Å². The molecule has 0 fully saturated rings. The van der Waals surface area contributed by atoms with Gasteiger partial charge in [-0.25, -0.2) is 14.6 Å². The Kier molecular flexibility index (Phi) is 4.34. The summed E-state index contributed by atoms with van der Waals surface area (Å²) in [5, 5.41) is 4.17. The van der Waals surface area contributed by atoms with E-state index in [1.807, 2.05) is 18.2 Å². The van der Waals surface area contributed by atoms with Crippen LogP contribution >= 0.6 is 0 Å². The molecule has 0 aliphatic rings. The number of oxazole rings is 1. The molecule has 4 rings (SSSR count). The molecule has 9 heteroatoms. The smallest absolute Gasteiger partial charge is 0.416 e. The molecular weight excluding hydrogens is 373 g/mol. The Hall–Kier alpha value is -3.62. The van der Waals surface area contributed by atoms with Crippen molar-refractivity contribution in [3.05, 3.63) is 60.2 Å². The van der Waals surface area contributed by atoms with E-state index in [1.54, 1.807) is 18.3 Å². The molecule has 0 aliphatic carbocycles. The molecule has 0 atom stereocenters. The number of benzene rings is 2. The fraction of sp³-hybridized carbons (Fsp3) is 0.105. The number of alkyl halides is 3. The number of para-hydroxylation sites is 2. The van der Waals surface area contributed by atoms with Crippen molar-refractivity contribution in [3.8, 4) is 17.1 Å². The first-order valence-electron chi connectivity index (χ1n) is 8.14. The lowest BCUT2D eigenvalue weighted by atomic mass is 10.1. The van der Waals surface area contributed by atoms with Crippen molar-refractivity contribution in [3.63, 3.8) is 0 Å². The molecule has 6 nitrogen and oxygen atoms in total. The number of hydrogen-bond acceptors (Lipinski definition) is 5. The summed E-state index contributed by atoms with van der Waals surface area (Å²) < 4.78 is 51.1. The Balaban J connectivity index is 1.62. The van der Waals surface area contributed by atoms with Gasteiger partial charge in [-0.3, -0.25) is 0 Å². The molecule has 0 saturated heterocycles. The number of fused-ring (bicyclic) bond motifs is 1. The van der Waals surface area contributed by atoms with Crippen LogP contribution in [0.25, 0.3) is 34.8 Å². The maximum Gasteiger partial charge on any atom is 0.416 e. The zero-order chi connectivity index (χ0) is 19.7. The topological polar surface area (TPSA) is 66.0 Å². The van der Waals surface area contributed by atoms with Gasteiger partial charge in [0.25, 0.3) is 0 Å². The lowest BCUT2D eigenvalue weighted by Gasteiger charge is -2.10. The highest BCUT2D eigenvalue weighted by atomic mass is 19.4. The van der Waals surface area contributed by atoms with Crippen molar-refractivity contribution in [1.29, 1.82) is 0 Å². The van der Waals surface area contributed by atoms with Crippen molar-refractivity contribution in [1.82, 2.24) is 19.7 Å². The van der Waals surface area contributed by atoms with Crippen LogP contribution in [0.3, 0.4) is 0 Å². The molecular formula is C19H13F3N4O2. The van der Waals surface area contributed by atoms with E-state index in [2.05, 4.69) is 15.1 Å². The first-order valence-corrected chi connectivity index (χ1v) is 8.14. The number of hydrogen-bond donors (Lipinski definition) is 0. The number of rotatable bonds is 4. The molecule has 142 valence electrons. The molecule has 2 heterocycles. The van der Waals surface area contributed by atoms with E-state index >= 15 is 0 Å². The van der Waals surface area contributed by atoms with Crippen molar-refractivity contribution in [2.24, 2.45) is 0 Å². The predicted molar refractivity (Wildman–Crippen MR) is 96.2 cm³/mol. The maximum absolute atomic E-state index is 13.1. The Bertz CT molecular complexity index is 1130. The van der Waals surface area contributed by atoms with Crippen molar-refractivity contribution >= 4 is 23.4 Å². The summed E-state index contributed by atoms with van der Waals surface area (Å²) in [7, 11) is 1.30. The highest BCUT2D eigenvalue weighted by Crippen LogP contribution is 2.34. The number of nitrogens with zero attached hydrogens (tertiary/aromatic N) is 4. The molecule has 0 amide bonds. The Morgan fingerprint density at radius 3 is 2.71 bits per heavy atom. The van der Waals surface area contributed by atoms with Gasteiger partial charge in [-0.1, -0.05) is 12.1 Å². The summed E-state index contributed by atoms with van der Waals surface area (Å²) in [6.07, 6.45) is 0.0111. The summed E-state index contributed by atoms with van der Waals surface area (Å²) in [5.41, 5.74) is 0.732. The lowest BCUT2D eigenvalue weighted by Crippen LogP contribution is -2.05. The van der Waals surface area contributed by atoms with E-state index < -0.39 is 11.7 Å². The highest BCUT2D eigenvalue weighted by Gasteiger charge is 2.31. The molecule has 0 radical (unpaired) electrons. The third-order valence-corrected chi connectivity index (χ3v) is 3.92. The van der Waals surface area contributed by atoms with Gasteiger partial charge < -0.3 is 9.15 Å². The maximum atomic E-state index is 13.1. The first kappa shape index (κ1) is 17.8. The van der Waals surface area contributed by atoms with Crippen LogP contribution in [0.1, 0.15) is 11.5 Å². The lowest BCUT2D eigenvalue weighted by molar-refractivity contribution is -0.137. The van der Waals surface area contributed by atoms with Gasteiger partial charge in [-0.2, -0.15) is 13.2 Å². The minimum Gasteiger partial charge on any atom is -0.497 e. The SMILES string of the molecule is COc1cc(-c2ncn(C=Cc3nc4ccccc4o3)n2)cc(C(F)(F)F)c1. The fourth-order valence-electron chi connectivity index (χ4n) is 2.59. The number of halogens is 3. The van der Waals surface area contributed by atoms with Gasteiger partial charge in [-0.15, -0.1) is 5.10 Å². The Morgan fingerprint density at radius 1 is 1.14 bits per heavy atom. The van der Waals surface area contributed by atoms with Crippen LogP contribution in [0.5, 0.6) is 5.75 Å². The average Bonchev–Trinajstić information content (AvgIpc) is 3.31. The van der Waals surface area contributed by atoms with Crippen LogP contribution < -0.4 is 4.74 Å². The summed E-state index contributed by atoms with van der Waals surface area (Å²) in [6.45, 7) is 0. The second kappa shape index (κ2) is 6.84. The standard InChI is InChI=1S/C19H13F3N4O2/c1-27-14-9-12(8-13(10-14)19(20,21)22)18-23-11-26(25-18)7-6-17-24-15-4-2-3-5-16(15)28-17/h2-11H,1H3. The zero-order valence-corrected chi connectivity index (χ0v) is 14.5. The molecule has 0 bridgehead atoms.